The summed E-state index contributed by atoms with van der Waals surface area (Å²) in [5.41, 5.74) is -1.26. The van der Waals surface area contributed by atoms with Crippen LogP contribution in [-0.2, 0) is 0 Å². The maximum Gasteiger partial charge on any atom is 0.117 e. The van der Waals surface area contributed by atoms with Gasteiger partial charge in [-0.3, -0.25) is 0 Å². The van der Waals surface area contributed by atoms with Crippen LogP contribution >= 0.6 is 0 Å². The average Bonchev–Trinajstić information content (AvgIpc) is 2.38. The Kier molecular flexibility index (Phi) is 1.80. The molecule has 0 aromatic carbocycles. The van der Waals surface area contributed by atoms with Gasteiger partial charge in [0.1, 0.15) is 5.67 Å². The van der Waals surface area contributed by atoms with Gasteiger partial charge in [-0.05, 0) is 31.2 Å². The summed E-state index contributed by atoms with van der Waals surface area (Å²) in [5, 5.41) is 3.38. The highest BCUT2D eigenvalue weighted by molar-refractivity contribution is 5.12. The van der Waals surface area contributed by atoms with E-state index >= 15 is 0 Å². The summed E-state index contributed by atoms with van der Waals surface area (Å²) in [4.78, 5) is 0. The second-order valence-electron chi connectivity index (χ2n) is 5.86. The van der Waals surface area contributed by atoms with Crippen molar-refractivity contribution in [2.24, 2.45) is 17.3 Å². The molecule has 1 nitrogen and oxygen atoms in total. The van der Waals surface area contributed by atoms with E-state index < -0.39 is 5.67 Å². The van der Waals surface area contributed by atoms with Crippen LogP contribution in [0.15, 0.2) is 0 Å². The maximum absolute atomic E-state index is 14.5. The number of hydrogen-bond acceptors (Lipinski definition) is 1. The lowest BCUT2D eigenvalue weighted by molar-refractivity contribution is -0.0664. The van der Waals surface area contributed by atoms with Crippen molar-refractivity contribution in [2.45, 2.75) is 45.8 Å². The van der Waals surface area contributed by atoms with Crippen LogP contribution in [0.25, 0.3) is 0 Å². The molecule has 2 saturated heterocycles. The van der Waals surface area contributed by atoms with E-state index in [-0.39, 0.29) is 11.3 Å². The molecule has 2 aliphatic heterocycles. The molecule has 76 valence electrons. The SMILES string of the molecule is CC(C)(C)C(C)(F)C1C2CNC1C2. The van der Waals surface area contributed by atoms with Gasteiger partial charge < -0.3 is 5.32 Å². The third-order valence-corrected chi connectivity index (χ3v) is 4.23. The number of rotatable bonds is 1. The molecule has 0 spiro atoms. The highest BCUT2D eigenvalue weighted by Gasteiger charge is 2.59. The van der Waals surface area contributed by atoms with Gasteiger partial charge in [0.05, 0.1) is 0 Å². The largest absolute Gasteiger partial charge is 0.313 e. The minimum atomic E-state index is -1.02. The average molecular weight is 185 g/mol. The Morgan fingerprint density at radius 1 is 1.23 bits per heavy atom. The maximum atomic E-state index is 14.5. The molecule has 2 bridgehead atoms. The van der Waals surface area contributed by atoms with Crippen molar-refractivity contribution in [3.63, 3.8) is 0 Å². The Hall–Kier alpha value is -0.110. The first-order valence-electron chi connectivity index (χ1n) is 5.26. The van der Waals surface area contributed by atoms with Gasteiger partial charge in [0.2, 0.25) is 0 Å². The van der Waals surface area contributed by atoms with E-state index in [4.69, 9.17) is 0 Å². The van der Waals surface area contributed by atoms with Crippen molar-refractivity contribution in [3.05, 3.63) is 0 Å². The van der Waals surface area contributed by atoms with E-state index in [9.17, 15) is 4.39 Å². The number of fused-ring (bicyclic) bond motifs is 1. The molecule has 1 saturated carbocycles. The molecule has 3 rings (SSSR count). The summed E-state index contributed by atoms with van der Waals surface area (Å²) < 4.78 is 14.5. The predicted octanol–water partition coefficient (Wildman–Crippen LogP) is 2.37. The molecule has 4 atom stereocenters. The van der Waals surface area contributed by atoms with Gasteiger partial charge in [0, 0.05) is 12.0 Å². The summed E-state index contributed by atoms with van der Waals surface area (Å²) in [5.74, 6) is 0.853. The van der Waals surface area contributed by atoms with Crippen molar-refractivity contribution in [2.75, 3.05) is 6.54 Å². The smallest absolute Gasteiger partial charge is 0.117 e. The Bertz CT molecular complexity index is 203. The van der Waals surface area contributed by atoms with E-state index in [2.05, 4.69) is 5.32 Å². The van der Waals surface area contributed by atoms with E-state index in [0.29, 0.717) is 12.0 Å². The molecule has 2 heteroatoms. The van der Waals surface area contributed by atoms with Gasteiger partial charge in [0.15, 0.2) is 0 Å². The van der Waals surface area contributed by atoms with Crippen LogP contribution in [0.5, 0.6) is 0 Å². The summed E-state index contributed by atoms with van der Waals surface area (Å²) in [6, 6.07) is 0.458. The third kappa shape index (κ3) is 1.14. The number of hydrogen-bond donors (Lipinski definition) is 1. The Morgan fingerprint density at radius 2 is 1.85 bits per heavy atom. The third-order valence-electron chi connectivity index (χ3n) is 4.23. The topological polar surface area (TPSA) is 12.0 Å². The monoisotopic (exact) mass is 185 g/mol. The molecule has 0 aromatic heterocycles. The summed E-state index contributed by atoms with van der Waals surface area (Å²) >= 11 is 0. The molecule has 13 heavy (non-hydrogen) atoms. The quantitative estimate of drug-likeness (QED) is 0.661. The zero-order valence-electron chi connectivity index (χ0n) is 9.02. The number of alkyl halides is 1. The first kappa shape index (κ1) is 9.45. The van der Waals surface area contributed by atoms with Crippen molar-refractivity contribution in [1.82, 2.24) is 5.32 Å². The van der Waals surface area contributed by atoms with Crippen molar-refractivity contribution < 1.29 is 4.39 Å². The lowest BCUT2D eigenvalue weighted by Crippen LogP contribution is -2.55. The molecule has 1 aliphatic carbocycles. The van der Waals surface area contributed by atoms with Gasteiger partial charge in [-0.25, -0.2) is 4.39 Å². The minimum Gasteiger partial charge on any atom is -0.313 e. The van der Waals surface area contributed by atoms with Crippen LogP contribution in [0, 0.1) is 17.3 Å². The Labute approximate surface area is 80.1 Å². The Morgan fingerprint density at radius 3 is 2.15 bits per heavy atom. The fraction of sp³-hybridized carbons (Fsp3) is 1.00. The lowest BCUT2D eigenvalue weighted by atomic mass is 9.59. The van der Waals surface area contributed by atoms with Gasteiger partial charge in [0.25, 0.3) is 0 Å². The Balaban J connectivity index is 2.16. The molecule has 3 fully saturated rings. The first-order chi connectivity index (χ1) is 5.84. The normalized spacial score (nSPS) is 42.7. The highest BCUT2D eigenvalue weighted by atomic mass is 19.1. The van der Waals surface area contributed by atoms with Crippen LogP contribution in [0.4, 0.5) is 4.39 Å². The molecule has 4 unspecified atom stereocenters. The summed E-state index contributed by atoms with van der Waals surface area (Å²) in [6.45, 7) is 8.83. The fourth-order valence-corrected chi connectivity index (χ4v) is 2.80. The van der Waals surface area contributed by atoms with Crippen molar-refractivity contribution in [1.29, 1.82) is 0 Å². The van der Waals surface area contributed by atoms with Crippen LogP contribution < -0.4 is 5.32 Å². The summed E-state index contributed by atoms with van der Waals surface area (Å²) in [7, 11) is 0. The minimum absolute atomic E-state index is 0.236. The highest BCUT2D eigenvalue weighted by Crippen LogP contribution is 2.53. The van der Waals surface area contributed by atoms with Crippen molar-refractivity contribution >= 4 is 0 Å². The molecular weight excluding hydrogens is 165 g/mol. The molecule has 0 radical (unpaired) electrons. The molecule has 3 aliphatic rings. The van der Waals surface area contributed by atoms with E-state index in [1.54, 1.807) is 6.92 Å². The van der Waals surface area contributed by atoms with E-state index in [1.807, 2.05) is 20.8 Å². The fourth-order valence-electron chi connectivity index (χ4n) is 2.80. The summed E-state index contributed by atoms with van der Waals surface area (Å²) in [6.07, 6.45) is 1.19. The predicted molar refractivity (Wildman–Crippen MR) is 52.4 cm³/mol. The van der Waals surface area contributed by atoms with Gasteiger partial charge in [-0.2, -0.15) is 0 Å². The lowest BCUT2D eigenvalue weighted by Gasteiger charge is -2.49. The van der Waals surface area contributed by atoms with Crippen LogP contribution in [0.1, 0.15) is 34.1 Å². The molecule has 0 aromatic rings. The molecular formula is C11H20FN. The zero-order valence-corrected chi connectivity index (χ0v) is 9.02. The number of nitrogens with one attached hydrogen (secondary N) is 1. The zero-order chi connectivity index (χ0) is 9.85. The van der Waals surface area contributed by atoms with Crippen molar-refractivity contribution in [3.8, 4) is 0 Å². The molecule has 2 heterocycles. The van der Waals surface area contributed by atoms with Crippen LogP contribution in [0.2, 0.25) is 0 Å². The molecule has 1 N–H and O–H groups in total. The second-order valence-corrected chi connectivity index (χ2v) is 5.86. The number of halogens is 1. The van der Waals surface area contributed by atoms with Gasteiger partial charge in [-0.15, -0.1) is 0 Å². The van der Waals surface area contributed by atoms with E-state index in [1.165, 1.54) is 6.42 Å². The first-order valence-corrected chi connectivity index (χ1v) is 5.26. The van der Waals surface area contributed by atoms with Gasteiger partial charge in [-0.1, -0.05) is 20.8 Å². The van der Waals surface area contributed by atoms with Crippen LogP contribution in [0.3, 0.4) is 0 Å². The standard InChI is InChI=1S/C11H20FN/c1-10(2,3)11(4,12)9-7-5-8(9)13-6-7/h7-9,13H,5-6H2,1-4H3. The van der Waals surface area contributed by atoms with Gasteiger partial charge >= 0.3 is 0 Å². The second kappa shape index (κ2) is 2.47. The van der Waals surface area contributed by atoms with Crippen LogP contribution in [-0.4, -0.2) is 18.3 Å². The molecule has 0 amide bonds. The van der Waals surface area contributed by atoms with E-state index in [0.717, 1.165) is 6.54 Å².